The molecule has 0 saturated heterocycles. The van der Waals surface area contributed by atoms with Gasteiger partial charge in [0.1, 0.15) is 17.2 Å². The Hall–Kier alpha value is -2.68. The van der Waals surface area contributed by atoms with Crippen LogP contribution in [0.1, 0.15) is 18.4 Å². The van der Waals surface area contributed by atoms with E-state index in [4.69, 9.17) is 4.42 Å². The van der Waals surface area contributed by atoms with Crippen LogP contribution in [0, 0.1) is 24.4 Å². The molecule has 0 atom stereocenters. The summed E-state index contributed by atoms with van der Waals surface area (Å²) in [5.74, 6) is -3.24. The minimum absolute atomic E-state index is 0.128. The van der Waals surface area contributed by atoms with Crippen LogP contribution in [-0.4, -0.2) is 13.7 Å². The average molecular weight is 396 g/mol. The Bertz CT molecular complexity index is 1150. The summed E-state index contributed by atoms with van der Waals surface area (Å²) >= 11 is 0. The molecule has 1 heterocycles. The van der Waals surface area contributed by atoms with Gasteiger partial charge >= 0.3 is 0 Å². The van der Waals surface area contributed by atoms with E-state index < -0.39 is 38.4 Å². The number of hydrogen-bond donors (Lipinski definition) is 2. The zero-order chi connectivity index (χ0) is 19.3. The van der Waals surface area contributed by atoms with Crippen LogP contribution in [-0.2, 0) is 10.0 Å². The molecule has 1 aliphatic rings. The second kappa shape index (κ2) is 6.19. The van der Waals surface area contributed by atoms with Crippen molar-refractivity contribution in [2.45, 2.75) is 25.0 Å². The third-order valence-corrected chi connectivity index (χ3v) is 6.22. The molecule has 2 aromatic carbocycles. The van der Waals surface area contributed by atoms with E-state index in [0.29, 0.717) is 18.4 Å². The van der Waals surface area contributed by atoms with Gasteiger partial charge in [0.2, 0.25) is 10.0 Å². The third kappa shape index (κ3) is 3.12. The van der Waals surface area contributed by atoms with Crippen LogP contribution in [0.3, 0.4) is 0 Å². The van der Waals surface area contributed by atoms with Crippen molar-refractivity contribution in [3.8, 4) is 0 Å². The van der Waals surface area contributed by atoms with Crippen LogP contribution < -0.4 is 10.0 Å². The van der Waals surface area contributed by atoms with Crippen LogP contribution in [0.2, 0.25) is 0 Å². The quantitative estimate of drug-likeness (QED) is 0.650. The summed E-state index contributed by atoms with van der Waals surface area (Å²) in [5, 5.41) is 1.65. The molecule has 4 rings (SSSR count). The predicted molar refractivity (Wildman–Crippen MR) is 96.1 cm³/mol. The predicted octanol–water partition coefficient (Wildman–Crippen LogP) is 4.81. The van der Waals surface area contributed by atoms with Gasteiger partial charge in [0.05, 0.1) is 22.6 Å². The first-order chi connectivity index (χ1) is 12.8. The molecule has 1 aromatic heterocycles. The Morgan fingerprint density at radius 1 is 1.07 bits per heavy atom. The highest BCUT2D eigenvalue weighted by Crippen LogP contribution is 2.41. The highest BCUT2D eigenvalue weighted by molar-refractivity contribution is 7.93. The van der Waals surface area contributed by atoms with Crippen molar-refractivity contribution in [3.63, 3.8) is 0 Å². The molecule has 3 aromatic rings. The summed E-state index contributed by atoms with van der Waals surface area (Å²) in [6.45, 7) is 1.68. The number of sulfonamides is 1. The molecular formula is C18H15F3N2O3S. The van der Waals surface area contributed by atoms with Crippen molar-refractivity contribution in [3.05, 3.63) is 53.5 Å². The van der Waals surface area contributed by atoms with Crippen molar-refractivity contribution in [2.75, 3.05) is 10.0 Å². The summed E-state index contributed by atoms with van der Waals surface area (Å²) in [5.41, 5.74) is -0.492. The first-order valence-corrected chi connectivity index (χ1v) is 9.75. The second-order valence-electron chi connectivity index (χ2n) is 6.50. The molecule has 27 heavy (non-hydrogen) atoms. The monoisotopic (exact) mass is 396 g/mol. The van der Waals surface area contributed by atoms with Crippen LogP contribution in [0.15, 0.2) is 34.9 Å². The van der Waals surface area contributed by atoms with Gasteiger partial charge < -0.3 is 9.73 Å². The van der Waals surface area contributed by atoms with E-state index in [-0.39, 0.29) is 22.3 Å². The van der Waals surface area contributed by atoms with Gasteiger partial charge in [0.15, 0.2) is 17.2 Å². The Morgan fingerprint density at radius 2 is 1.81 bits per heavy atom. The van der Waals surface area contributed by atoms with E-state index in [1.165, 1.54) is 18.2 Å². The first kappa shape index (κ1) is 17.7. The van der Waals surface area contributed by atoms with Crippen LogP contribution >= 0.6 is 0 Å². The highest BCUT2D eigenvalue weighted by atomic mass is 32.2. The molecule has 5 nitrogen and oxygen atoms in total. The lowest BCUT2D eigenvalue weighted by molar-refractivity contribution is 0.518. The molecule has 1 fully saturated rings. The third-order valence-electron chi connectivity index (χ3n) is 4.38. The van der Waals surface area contributed by atoms with E-state index in [1.54, 1.807) is 13.0 Å². The zero-order valence-corrected chi connectivity index (χ0v) is 15.0. The number of rotatable bonds is 5. The Morgan fingerprint density at radius 3 is 2.48 bits per heavy atom. The minimum Gasteiger partial charge on any atom is -0.462 e. The topological polar surface area (TPSA) is 71.3 Å². The van der Waals surface area contributed by atoms with Gasteiger partial charge in [-0.1, -0.05) is 6.07 Å². The van der Waals surface area contributed by atoms with Crippen molar-refractivity contribution in [2.24, 2.45) is 0 Å². The molecule has 9 heteroatoms. The summed E-state index contributed by atoms with van der Waals surface area (Å²) < 4.78 is 75.5. The van der Waals surface area contributed by atoms with Crippen LogP contribution in [0.5, 0.6) is 0 Å². The number of anilines is 3. The Kier molecular flexibility index (Phi) is 4.06. The summed E-state index contributed by atoms with van der Waals surface area (Å²) in [7, 11) is -3.80. The van der Waals surface area contributed by atoms with Crippen molar-refractivity contribution in [1.82, 2.24) is 0 Å². The zero-order valence-electron chi connectivity index (χ0n) is 14.1. The number of hydrogen-bond acceptors (Lipinski definition) is 4. The lowest BCUT2D eigenvalue weighted by Crippen LogP contribution is -2.19. The number of aryl methyl sites for hydroxylation is 1. The van der Waals surface area contributed by atoms with Gasteiger partial charge in [-0.2, -0.15) is 0 Å². The fourth-order valence-corrected chi connectivity index (χ4v) is 4.20. The van der Waals surface area contributed by atoms with E-state index >= 15 is 0 Å². The lowest BCUT2D eigenvalue weighted by atomic mass is 10.1. The van der Waals surface area contributed by atoms with Gasteiger partial charge in [-0.05, 0) is 43.5 Å². The normalized spacial score (nSPS) is 14.5. The fourth-order valence-electron chi connectivity index (χ4n) is 2.80. The van der Waals surface area contributed by atoms with E-state index in [9.17, 15) is 21.6 Å². The molecule has 1 aliphatic carbocycles. The molecular weight excluding hydrogens is 381 g/mol. The lowest BCUT2D eigenvalue weighted by Gasteiger charge is -2.16. The summed E-state index contributed by atoms with van der Waals surface area (Å²) in [4.78, 5) is 0. The first-order valence-electron chi connectivity index (χ1n) is 8.21. The molecule has 142 valence electrons. The van der Waals surface area contributed by atoms with Crippen molar-refractivity contribution in [1.29, 1.82) is 0 Å². The molecule has 0 aliphatic heterocycles. The maximum absolute atomic E-state index is 14.7. The van der Waals surface area contributed by atoms with E-state index in [0.717, 1.165) is 6.26 Å². The maximum atomic E-state index is 14.7. The van der Waals surface area contributed by atoms with Gasteiger partial charge in [0.25, 0.3) is 0 Å². The second-order valence-corrected chi connectivity index (χ2v) is 8.46. The molecule has 0 spiro atoms. The Balaban J connectivity index is 1.89. The van der Waals surface area contributed by atoms with Gasteiger partial charge in [-0.15, -0.1) is 0 Å². The van der Waals surface area contributed by atoms with E-state index in [2.05, 4.69) is 10.0 Å². The van der Waals surface area contributed by atoms with Crippen molar-refractivity contribution >= 4 is 38.1 Å². The summed E-state index contributed by atoms with van der Waals surface area (Å²) in [6.07, 6.45) is 2.09. The number of fused-ring (bicyclic) bond motifs is 1. The molecule has 1 saturated carbocycles. The molecule has 0 bridgehead atoms. The van der Waals surface area contributed by atoms with E-state index in [1.807, 2.05) is 0 Å². The van der Waals surface area contributed by atoms with Gasteiger partial charge in [0, 0.05) is 0 Å². The maximum Gasteiger partial charge on any atom is 0.235 e. The van der Waals surface area contributed by atoms with Crippen molar-refractivity contribution < 1.29 is 26.0 Å². The molecule has 0 radical (unpaired) electrons. The SMILES string of the molecule is Cc1ccc(Nc2c(F)c(F)c3ccoc3c2NS(=O)(=O)C2CC2)c(F)c1. The Labute approximate surface area is 153 Å². The molecule has 0 amide bonds. The summed E-state index contributed by atoms with van der Waals surface area (Å²) in [6, 6.07) is 5.35. The number of halogens is 3. The minimum atomic E-state index is -3.80. The molecule has 0 unspecified atom stereocenters. The standard InChI is InChI=1S/C18H15F3N2O3S/c1-9-2-5-13(12(19)8-9)22-16-15(21)14(20)11-6-7-26-18(11)17(16)23-27(24,25)10-3-4-10/h2,5-8,10,22-23H,3-4H2,1H3. The van der Waals surface area contributed by atoms with Crippen LogP contribution in [0.4, 0.5) is 30.2 Å². The smallest absolute Gasteiger partial charge is 0.235 e. The number of nitrogens with one attached hydrogen (secondary N) is 2. The fraction of sp³-hybridized carbons (Fsp3) is 0.222. The number of benzene rings is 2. The highest BCUT2D eigenvalue weighted by Gasteiger charge is 2.37. The molecule has 2 N–H and O–H groups in total. The largest absolute Gasteiger partial charge is 0.462 e. The average Bonchev–Trinajstić information content (AvgIpc) is 3.36. The van der Waals surface area contributed by atoms with Crippen LogP contribution in [0.25, 0.3) is 11.0 Å². The van der Waals surface area contributed by atoms with Gasteiger partial charge in [-0.25, -0.2) is 21.6 Å². The number of furan rings is 1. The van der Waals surface area contributed by atoms with Gasteiger partial charge in [-0.3, -0.25) is 4.72 Å².